The fraction of sp³-hybridized carbons (Fsp3) is 1.00. The van der Waals surface area contributed by atoms with Gasteiger partial charge in [-0.3, -0.25) is 0 Å². The van der Waals surface area contributed by atoms with Crippen molar-refractivity contribution in [2.24, 2.45) is 0 Å². The predicted octanol–water partition coefficient (Wildman–Crippen LogP) is 0.741. The summed E-state index contributed by atoms with van der Waals surface area (Å²) < 4.78 is 24.3. The van der Waals surface area contributed by atoms with Crippen molar-refractivity contribution in [3.8, 4) is 0 Å². The molecule has 0 atom stereocenters. The van der Waals surface area contributed by atoms with Crippen LogP contribution in [0.2, 0.25) is 0 Å². The van der Waals surface area contributed by atoms with E-state index in [4.69, 9.17) is 0 Å². The molecule has 0 aliphatic heterocycles. The van der Waals surface area contributed by atoms with Gasteiger partial charge in [-0.2, -0.15) is 0 Å². The Labute approximate surface area is 62.9 Å². The lowest BCUT2D eigenvalue weighted by Crippen LogP contribution is -2.14. The minimum Gasteiger partial charge on any atom is -0.211 e. The van der Waals surface area contributed by atoms with E-state index in [0.29, 0.717) is 6.54 Å². The van der Waals surface area contributed by atoms with E-state index in [9.17, 15) is 8.42 Å². The van der Waals surface area contributed by atoms with Crippen molar-refractivity contribution in [3.63, 3.8) is 0 Å². The van der Waals surface area contributed by atoms with Gasteiger partial charge in [-0.25, -0.2) is 8.42 Å². The lowest BCUT2D eigenvalue weighted by atomic mass is 10.3. The van der Waals surface area contributed by atoms with Crippen LogP contribution in [-0.4, -0.2) is 21.2 Å². The van der Waals surface area contributed by atoms with Crippen LogP contribution in [0.15, 0.2) is 0 Å². The van der Waals surface area contributed by atoms with Crippen LogP contribution < -0.4 is 4.72 Å². The summed E-state index contributed by atoms with van der Waals surface area (Å²) in [7, 11) is -3.08. The molecule has 0 aromatic carbocycles. The van der Waals surface area contributed by atoms with Crippen LogP contribution in [0, 0.1) is 0 Å². The van der Waals surface area contributed by atoms with Gasteiger partial charge < -0.3 is 0 Å². The first kappa shape index (κ1) is 9.91. The van der Waals surface area contributed by atoms with Crippen molar-refractivity contribution in [3.05, 3.63) is 0 Å². The molecule has 0 unspecified atom stereocenters. The second-order valence-electron chi connectivity index (χ2n) is 2.29. The molecule has 0 bridgehead atoms. The second kappa shape index (κ2) is 4.68. The van der Waals surface area contributed by atoms with E-state index < -0.39 is 10.0 Å². The number of nitrogens with zero attached hydrogens (tertiary/aromatic N) is 1. The predicted molar refractivity (Wildman–Crippen MR) is 41.4 cm³/mol. The maximum absolute atomic E-state index is 10.4. The first-order valence-corrected chi connectivity index (χ1v) is 5.30. The Morgan fingerprint density at radius 1 is 1.30 bits per heavy atom. The first-order chi connectivity index (χ1) is 4.56. The van der Waals surface area contributed by atoms with Gasteiger partial charge in [0.1, 0.15) is 0 Å². The Morgan fingerprint density at radius 3 is 2.30 bits per heavy atom. The SMILES string of the molecule is CCCCC[N]S(C)(=O)=O. The number of hydrogen-bond acceptors (Lipinski definition) is 2. The molecule has 0 rings (SSSR count). The molecule has 0 spiro atoms. The van der Waals surface area contributed by atoms with Gasteiger partial charge in [0, 0.05) is 6.54 Å². The van der Waals surface area contributed by atoms with Gasteiger partial charge >= 0.3 is 0 Å². The summed E-state index contributed by atoms with van der Waals surface area (Å²) in [6.45, 7) is 2.52. The molecular formula is C6H14NO2S. The minimum atomic E-state index is -3.08. The fourth-order valence-corrected chi connectivity index (χ4v) is 1.05. The van der Waals surface area contributed by atoms with Crippen LogP contribution in [0.25, 0.3) is 0 Å². The molecule has 0 saturated heterocycles. The van der Waals surface area contributed by atoms with Crippen LogP contribution in [0.1, 0.15) is 26.2 Å². The van der Waals surface area contributed by atoms with E-state index in [2.05, 4.69) is 11.6 Å². The van der Waals surface area contributed by atoms with Crippen molar-refractivity contribution < 1.29 is 8.42 Å². The van der Waals surface area contributed by atoms with E-state index in [1.54, 1.807) is 0 Å². The number of unbranched alkanes of at least 4 members (excludes halogenated alkanes) is 2. The highest BCUT2D eigenvalue weighted by Crippen LogP contribution is 1.92. The molecule has 0 amide bonds. The Balaban J connectivity index is 3.21. The normalized spacial score (nSPS) is 11.8. The number of hydrogen-bond donors (Lipinski definition) is 0. The molecule has 0 saturated carbocycles. The molecule has 10 heavy (non-hydrogen) atoms. The molecule has 61 valence electrons. The van der Waals surface area contributed by atoms with Crippen molar-refractivity contribution in [1.29, 1.82) is 0 Å². The highest BCUT2D eigenvalue weighted by Gasteiger charge is 1.99. The summed E-state index contributed by atoms with van der Waals surface area (Å²) in [5.41, 5.74) is 0. The Hall–Kier alpha value is -0.0900. The summed E-state index contributed by atoms with van der Waals surface area (Å²) in [6, 6.07) is 0. The quantitative estimate of drug-likeness (QED) is 0.563. The largest absolute Gasteiger partial charge is 0.224 e. The van der Waals surface area contributed by atoms with Gasteiger partial charge in [-0.1, -0.05) is 19.8 Å². The number of rotatable bonds is 5. The molecule has 0 aliphatic rings. The average molecular weight is 164 g/mol. The fourth-order valence-electron chi connectivity index (χ4n) is 0.592. The monoisotopic (exact) mass is 164 g/mol. The van der Waals surface area contributed by atoms with Gasteiger partial charge in [0.2, 0.25) is 10.0 Å². The van der Waals surface area contributed by atoms with E-state index >= 15 is 0 Å². The number of sulfonamides is 1. The van der Waals surface area contributed by atoms with Crippen molar-refractivity contribution in [2.45, 2.75) is 26.2 Å². The van der Waals surface area contributed by atoms with Gasteiger partial charge in [-0.05, 0) is 6.42 Å². The molecule has 1 radical (unpaired) electrons. The van der Waals surface area contributed by atoms with Crippen LogP contribution in [0.5, 0.6) is 0 Å². The second-order valence-corrected chi connectivity index (χ2v) is 4.02. The molecule has 4 heteroatoms. The molecule has 0 heterocycles. The third-order valence-electron chi connectivity index (χ3n) is 1.09. The Bertz CT molecular complexity index is 163. The molecule has 0 aromatic heterocycles. The zero-order chi connectivity index (χ0) is 8.04. The first-order valence-electron chi connectivity index (χ1n) is 3.45. The molecule has 0 fully saturated rings. The lowest BCUT2D eigenvalue weighted by molar-refractivity contribution is 0.580. The summed E-state index contributed by atoms with van der Waals surface area (Å²) in [5.74, 6) is 0. The van der Waals surface area contributed by atoms with Crippen LogP contribution in [0.4, 0.5) is 0 Å². The van der Waals surface area contributed by atoms with E-state index in [0.717, 1.165) is 25.5 Å². The summed E-state index contributed by atoms with van der Waals surface area (Å²) >= 11 is 0. The highest BCUT2D eigenvalue weighted by molar-refractivity contribution is 7.88. The Kier molecular flexibility index (Phi) is 4.64. The third kappa shape index (κ3) is 7.91. The van der Waals surface area contributed by atoms with Gasteiger partial charge in [0.25, 0.3) is 0 Å². The molecule has 0 N–H and O–H groups in total. The molecule has 3 nitrogen and oxygen atoms in total. The summed E-state index contributed by atoms with van der Waals surface area (Å²) in [5, 5.41) is 0. The molecule has 0 aromatic rings. The summed E-state index contributed by atoms with van der Waals surface area (Å²) in [4.78, 5) is 0. The van der Waals surface area contributed by atoms with Crippen LogP contribution in [-0.2, 0) is 10.0 Å². The van der Waals surface area contributed by atoms with E-state index in [1.807, 2.05) is 0 Å². The Morgan fingerprint density at radius 2 is 1.90 bits per heavy atom. The van der Waals surface area contributed by atoms with Crippen LogP contribution >= 0.6 is 0 Å². The third-order valence-corrected chi connectivity index (χ3v) is 1.74. The zero-order valence-electron chi connectivity index (χ0n) is 6.50. The van der Waals surface area contributed by atoms with Gasteiger partial charge in [0.05, 0.1) is 6.26 Å². The smallest absolute Gasteiger partial charge is 0.211 e. The van der Waals surface area contributed by atoms with Gasteiger partial charge in [-0.15, -0.1) is 4.72 Å². The van der Waals surface area contributed by atoms with Gasteiger partial charge in [0.15, 0.2) is 0 Å². The maximum atomic E-state index is 10.4. The summed E-state index contributed by atoms with van der Waals surface area (Å²) in [6.07, 6.45) is 4.15. The van der Waals surface area contributed by atoms with Crippen LogP contribution in [0.3, 0.4) is 0 Å². The molecule has 0 aliphatic carbocycles. The van der Waals surface area contributed by atoms with Crippen molar-refractivity contribution in [2.75, 3.05) is 12.8 Å². The maximum Gasteiger partial charge on any atom is 0.224 e. The minimum absolute atomic E-state index is 0.451. The lowest BCUT2D eigenvalue weighted by Gasteiger charge is -1.96. The van der Waals surface area contributed by atoms with Crippen molar-refractivity contribution in [1.82, 2.24) is 4.72 Å². The van der Waals surface area contributed by atoms with Crippen molar-refractivity contribution >= 4 is 10.0 Å². The molecular weight excluding hydrogens is 150 g/mol. The zero-order valence-corrected chi connectivity index (χ0v) is 7.32. The topological polar surface area (TPSA) is 48.2 Å². The standard InChI is InChI=1S/C6H14NO2S/c1-3-4-5-6-7-10(2,8)9/h3-6H2,1-2H3. The average Bonchev–Trinajstić information content (AvgIpc) is 1.78. The van der Waals surface area contributed by atoms with E-state index in [-0.39, 0.29) is 0 Å². The van der Waals surface area contributed by atoms with E-state index in [1.165, 1.54) is 0 Å². The highest BCUT2D eigenvalue weighted by atomic mass is 32.2.